The smallest absolute Gasteiger partial charge is 0.119 e. The first-order valence-electron chi connectivity index (χ1n) is 8.85. The number of allylic oxidation sites excluding steroid dienone is 1. The molecule has 134 valence electrons. The molecule has 0 aliphatic rings. The van der Waals surface area contributed by atoms with Gasteiger partial charge >= 0.3 is 0 Å². The van der Waals surface area contributed by atoms with Gasteiger partial charge in [0.05, 0.1) is 27.3 Å². The van der Waals surface area contributed by atoms with Crippen LogP contribution < -0.4 is 4.74 Å². The van der Waals surface area contributed by atoms with Crippen molar-refractivity contribution in [2.75, 3.05) is 40.5 Å². The largest absolute Gasteiger partial charge is 0.491 e. The van der Waals surface area contributed by atoms with E-state index in [1.165, 1.54) is 11.1 Å². The molecule has 0 radical (unpaired) electrons. The Labute approximate surface area is 152 Å². The first-order chi connectivity index (χ1) is 12.1. The van der Waals surface area contributed by atoms with Gasteiger partial charge in [0.1, 0.15) is 25.4 Å². The number of likely N-dealkylation sites (N-methyl/N-ethyl adjacent to an activating group) is 1. The topological polar surface area (TPSA) is 18.5 Å². The van der Waals surface area contributed by atoms with E-state index in [9.17, 15) is 0 Å². The van der Waals surface area contributed by atoms with Gasteiger partial charge in [-0.1, -0.05) is 48.5 Å². The van der Waals surface area contributed by atoms with Crippen molar-refractivity contribution in [3.8, 4) is 5.75 Å². The van der Waals surface area contributed by atoms with Crippen LogP contribution in [0.1, 0.15) is 11.1 Å². The van der Waals surface area contributed by atoms with Crippen molar-refractivity contribution in [3.63, 3.8) is 0 Å². The van der Waals surface area contributed by atoms with Gasteiger partial charge in [0, 0.05) is 5.56 Å². The van der Waals surface area contributed by atoms with Crippen LogP contribution >= 0.6 is 0 Å². The molecular formula is C22H30NO2+. The molecule has 0 atom stereocenters. The summed E-state index contributed by atoms with van der Waals surface area (Å²) < 4.78 is 12.4. The highest BCUT2D eigenvalue weighted by Crippen LogP contribution is 2.13. The molecule has 0 unspecified atom stereocenters. The predicted molar refractivity (Wildman–Crippen MR) is 104 cm³/mol. The number of rotatable bonds is 11. The van der Waals surface area contributed by atoms with Crippen molar-refractivity contribution >= 4 is 0 Å². The van der Waals surface area contributed by atoms with Gasteiger partial charge in [0.25, 0.3) is 0 Å². The van der Waals surface area contributed by atoms with Crippen molar-refractivity contribution < 1.29 is 14.0 Å². The van der Waals surface area contributed by atoms with E-state index < -0.39 is 0 Å². The molecule has 0 saturated carbocycles. The van der Waals surface area contributed by atoms with Gasteiger partial charge in [-0.2, -0.15) is 0 Å². The van der Waals surface area contributed by atoms with Gasteiger partial charge in [-0.15, -0.1) is 6.58 Å². The molecule has 0 aromatic heterocycles. The third kappa shape index (κ3) is 7.55. The molecule has 0 aliphatic carbocycles. The summed E-state index contributed by atoms with van der Waals surface area (Å²) in [6.45, 7) is 7.66. The molecule has 0 saturated heterocycles. The van der Waals surface area contributed by atoms with Crippen molar-refractivity contribution in [1.82, 2.24) is 0 Å². The summed E-state index contributed by atoms with van der Waals surface area (Å²) in [7, 11) is 4.47. The number of hydrogen-bond donors (Lipinski definition) is 0. The second kappa shape index (κ2) is 10.0. The van der Waals surface area contributed by atoms with Crippen LogP contribution in [0, 0.1) is 0 Å². The van der Waals surface area contributed by atoms with E-state index in [-0.39, 0.29) is 0 Å². The fourth-order valence-corrected chi connectivity index (χ4v) is 2.68. The standard InChI is InChI=1S/C22H30NO2/c1-4-8-20-11-13-22(14-12-20)25-18-17-24-16-15-23(2,3)19-21-9-6-5-7-10-21/h4-7,9-14H,1,8,15-19H2,2-3H3/q+1. The van der Waals surface area contributed by atoms with Crippen LogP contribution in [0.15, 0.2) is 67.3 Å². The molecule has 0 fully saturated rings. The van der Waals surface area contributed by atoms with Crippen LogP contribution in [0.5, 0.6) is 5.75 Å². The maximum Gasteiger partial charge on any atom is 0.119 e. The van der Waals surface area contributed by atoms with Crippen molar-refractivity contribution in [2.24, 2.45) is 0 Å². The first-order valence-corrected chi connectivity index (χ1v) is 8.85. The number of nitrogens with zero attached hydrogens (tertiary/aromatic N) is 1. The Kier molecular flexibility index (Phi) is 7.71. The average molecular weight is 340 g/mol. The van der Waals surface area contributed by atoms with Gasteiger partial charge in [-0.25, -0.2) is 0 Å². The fourth-order valence-electron chi connectivity index (χ4n) is 2.68. The summed E-state index contributed by atoms with van der Waals surface area (Å²) in [6.07, 6.45) is 2.79. The van der Waals surface area contributed by atoms with Gasteiger partial charge < -0.3 is 14.0 Å². The molecule has 0 heterocycles. The van der Waals surface area contributed by atoms with Crippen LogP contribution in [0.2, 0.25) is 0 Å². The summed E-state index contributed by atoms with van der Waals surface area (Å²) in [4.78, 5) is 0. The Morgan fingerprint density at radius 2 is 1.60 bits per heavy atom. The minimum atomic E-state index is 0.576. The van der Waals surface area contributed by atoms with E-state index >= 15 is 0 Å². The van der Waals surface area contributed by atoms with Crippen LogP contribution in [0.3, 0.4) is 0 Å². The van der Waals surface area contributed by atoms with Crippen LogP contribution in [0.25, 0.3) is 0 Å². The Bertz CT molecular complexity index is 620. The molecule has 2 aromatic rings. The zero-order valence-electron chi connectivity index (χ0n) is 15.5. The average Bonchev–Trinajstić information content (AvgIpc) is 2.60. The summed E-state index contributed by atoms with van der Waals surface area (Å²) in [5.74, 6) is 0.886. The highest BCUT2D eigenvalue weighted by molar-refractivity contribution is 5.28. The third-order valence-corrected chi connectivity index (χ3v) is 4.09. The van der Waals surface area contributed by atoms with Crippen molar-refractivity contribution in [3.05, 3.63) is 78.4 Å². The van der Waals surface area contributed by atoms with Crippen LogP contribution in [-0.4, -0.2) is 44.9 Å². The summed E-state index contributed by atoms with van der Waals surface area (Å²) >= 11 is 0. The summed E-state index contributed by atoms with van der Waals surface area (Å²) in [5, 5.41) is 0. The lowest BCUT2D eigenvalue weighted by molar-refractivity contribution is -0.904. The normalized spacial score (nSPS) is 11.3. The molecule has 0 aliphatic heterocycles. The molecule has 0 bridgehead atoms. The molecule has 0 amide bonds. The Hall–Kier alpha value is -2.10. The molecule has 3 nitrogen and oxygen atoms in total. The van der Waals surface area contributed by atoms with Crippen LogP contribution in [0.4, 0.5) is 0 Å². The highest BCUT2D eigenvalue weighted by atomic mass is 16.5. The lowest BCUT2D eigenvalue weighted by Crippen LogP contribution is -2.41. The molecule has 0 N–H and O–H groups in total. The minimum Gasteiger partial charge on any atom is -0.491 e. The predicted octanol–water partition coefficient (Wildman–Crippen LogP) is 4.09. The van der Waals surface area contributed by atoms with E-state index in [1.807, 2.05) is 18.2 Å². The highest BCUT2D eigenvalue weighted by Gasteiger charge is 2.15. The van der Waals surface area contributed by atoms with Gasteiger partial charge in [0.2, 0.25) is 0 Å². The second-order valence-electron chi connectivity index (χ2n) is 6.90. The first kappa shape index (κ1) is 19.2. The lowest BCUT2D eigenvalue weighted by atomic mass is 10.1. The van der Waals surface area contributed by atoms with Gasteiger partial charge in [0.15, 0.2) is 0 Å². The fraction of sp³-hybridized carbons (Fsp3) is 0.364. The van der Waals surface area contributed by atoms with Crippen LogP contribution in [-0.2, 0) is 17.7 Å². The summed E-state index contributed by atoms with van der Waals surface area (Å²) in [6, 6.07) is 18.7. The maximum absolute atomic E-state index is 5.74. The molecule has 2 rings (SSSR count). The zero-order chi connectivity index (χ0) is 18.0. The van der Waals surface area contributed by atoms with E-state index in [0.717, 1.165) is 36.3 Å². The van der Waals surface area contributed by atoms with E-state index in [0.29, 0.717) is 13.2 Å². The second-order valence-corrected chi connectivity index (χ2v) is 6.90. The zero-order valence-corrected chi connectivity index (χ0v) is 15.5. The Balaban J connectivity index is 1.60. The summed E-state index contributed by atoms with van der Waals surface area (Å²) in [5.41, 5.74) is 2.60. The van der Waals surface area contributed by atoms with E-state index in [4.69, 9.17) is 9.47 Å². The lowest BCUT2D eigenvalue weighted by Gasteiger charge is -2.29. The van der Waals surface area contributed by atoms with E-state index in [1.54, 1.807) is 0 Å². The number of hydrogen-bond acceptors (Lipinski definition) is 2. The quantitative estimate of drug-likeness (QED) is 0.348. The Morgan fingerprint density at radius 3 is 2.28 bits per heavy atom. The van der Waals surface area contributed by atoms with Crippen molar-refractivity contribution in [2.45, 2.75) is 13.0 Å². The SMILES string of the molecule is C=CCc1ccc(OCCOCC[N+](C)(C)Cc2ccccc2)cc1. The minimum absolute atomic E-state index is 0.576. The molecular weight excluding hydrogens is 310 g/mol. The molecule has 0 spiro atoms. The van der Waals surface area contributed by atoms with Gasteiger partial charge in [-0.05, 0) is 24.1 Å². The molecule has 2 aromatic carbocycles. The van der Waals surface area contributed by atoms with Crippen molar-refractivity contribution in [1.29, 1.82) is 0 Å². The van der Waals surface area contributed by atoms with E-state index in [2.05, 4.69) is 63.1 Å². The number of benzene rings is 2. The van der Waals surface area contributed by atoms with Gasteiger partial charge in [-0.3, -0.25) is 0 Å². The maximum atomic E-state index is 5.74. The molecule has 3 heteroatoms. The monoisotopic (exact) mass is 340 g/mol. The number of ether oxygens (including phenoxy) is 2. The molecule has 25 heavy (non-hydrogen) atoms. The number of quaternary nitrogens is 1. The Morgan fingerprint density at radius 1 is 0.880 bits per heavy atom. The third-order valence-electron chi connectivity index (χ3n) is 4.09.